The summed E-state index contributed by atoms with van der Waals surface area (Å²) in [5.74, 6) is 0.398. The smallest absolute Gasteiger partial charge is 0.256 e. The topological polar surface area (TPSA) is 81.2 Å². The Morgan fingerprint density at radius 1 is 1.67 bits per heavy atom. The molecule has 1 saturated carbocycles. The van der Waals surface area contributed by atoms with Crippen molar-refractivity contribution in [1.29, 1.82) is 0 Å². The number of amides is 1. The van der Waals surface area contributed by atoms with Crippen LogP contribution in [0.5, 0.6) is 0 Å². The van der Waals surface area contributed by atoms with E-state index in [0.29, 0.717) is 11.3 Å². The lowest BCUT2D eigenvalue weighted by atomic mass is 10.1. The van der Waals surface area contributed by atoms with Crippen LogP contribution >= 0.6 is 0 Å². The fourth-order valence-electron chi connectivity index (χ4n) is 1.93. The molecule has 0 saturated heterocycles. The van der Waals surface area contributed by atoms with Gasteiger partial charge in [-0.2, -0.15) is 0 Å². The van der Waals surface area contributed by atoms with Gasteiger partial charge in [0.15, 0.2) is 0 Å². The van der Waals surface area contributed by atoms with Gasteiger partial charge in [0.1, 0.15) is 11.3 Å². The molecule has 1 aromatic heterocycles. The molecule has 2 unspecified atom stereocenters. The van der Waals surface area contributed by atoms with Crippen molar-refractivity contribution in [2.75, 3.05) is 0 Å². The van der Waals surface area contributed by atoms with Crippen molar-refractivity contribution < 1.29 is 9.32 Å². The molecule has 1 aliphatic rings. The van der Waals surface area contributed by atoms with Gasteiger partial charge in [-0.25, -0.2) is 0 Å². The fourth-order valence-corrected chi connectivity index (χ4v) is 1.93. The molecular formula is C10H15N3O2. The molecule has 2 atom stereocenters. The molecule has 0 aliphatic heterocycles. The molecule has 5 nitrogen and oxygen atoms in total. The summed E-state index contributed by atoms with van der Waals surface area (Å²) in [7, 11) is 0. The summed E-state index contributed by atoms with van der Waals surface area (Å²) in [6.07, 6.45) is 4.45. The highest BCUT2D eigenvalue weighted by atomic mass is 16.5. The van der Waals surface area contributed by atoms with E-state index in [1.54, 1.807) is 6.92 Å². The van der Waals surface area contributed by atoms with E-state index >= 15 is 0 Å². The zero-order valence-corrected chi connectivity index (χ0v) is 8.69. The van der Waals surface area contributed by atoms with Crippen LogP contribution < -0.4 is 11.1 Å². The summed E-state index contributed by atoms with van der Waals surface area (Å²) >= 11 is 0. The highest BCUT2D eigenvalue weighted by Crippen LogP contribution is 2.17. The van der Waals surface area contributed by atoms with E-state index < -0.39 is 0 Å². The Morgan fingerprint density at radius 2 is 2.47 bits per heavy atom. The van der Waals surface area contributed by atoms with E-state index in [4.69, 9.17) is 10.3 Å². The molecular weight excluding hydrogens is 194 g/mol. The molecule has 1 heterocycles. The predicted molar refractivity (Wildman–Crippen MR) is 54.3 cm³/mol. The monoisotopic (exact) mass is 209 g/mol. The molecule has 1 fully saturated rings. The number of aryl methyl sites for hydroxylation is 1. The first-order valence-corrected chi connectivity index (χ1v) is 5.16. The van der Waals surface area contributed by atoms with E-state index in [1.807, 2.05) is 0 Å². The Bertz CT molecular complexity index is 361. The zero-order valence-electron chi connectivity index (χ0n) is 8.69. The van der Waals surface area contributed by atoms with Crippen LogP contribution in [0.4, 0.5) is 0 Å². The van der Waals surface area contributed by atoms with E-state index in [0.717, 1.165) is 19.3 Å². The Morgan fingerprint density at radius 3 is 3.00 bits per heavy atom. The van der Waals surface area contributed by atoms with Gasteiger partial charge >= 0.3 is 0 Å². The zero-order chi connectivity index (χ0) is 10.8. The maximum atomic E-state index is 11.8. The summed E-state index contributed by atoms with van der Waals surface area (Å²) in [5, 5.41) is 6.48. The molecule has 0 bridgehead atoms. The van der Waals surface area contributed by atoms with Crippen molar-refractivity contribution in [3.8, 4) is 0 Å². The minimum atomic E-state index is -0.142. The van der Waals surface area contributed by atoms with Crippen molar-refractivity contribution in [3.63, 3.8) is 0 Å². The van der Waals surface area contributed by atoms with Gasteiger partial charge in [-0.05, 0) is 26.2 Å². The first kappa shape index (κ1) is 10.2. The van der Waals surface area contributed by atoms with Crippen LogP contribution in [-0.4, -0.2) is 23.1 Å². The van der Waals surface area contributed by atoms with Gasteiger partial charge < -0.3 is 15.6 Å². The molecule has 0 aromatic carbocycles. The van der Waals surface area contributed by atoms with Gasteiger partial charge in [0.05, 0.1) is 6.20 Å². The minimum Gasteiger partial charge on any atom is -0.361 e. The SMILES string of the molecule is Cc1oncc1C(=O)NC1CCCC1N. The third-order valence-electron chi connectivity index (χ3n) is 2.88. The average Bonchev–Trinajstić information content (AvgIpc) is 2.76. The van der Waals surface area contributed by atoms with Gasteiger partial charge in [0, 0.05) is 12.1 Å². The lowest BCUT2D eigenvalue weighted by Crippen LogP contribution is -2.44. The molecule has 3 N–H and O–H groups in total. The van der Waals surface area contributed by atoms with Crippen molar-refractivity contribution in [3.05, 3.63) is 17.5 Å². The fraction of sp³-hybridized carbons (Fsp3) is 0.600. The number of hydrogen-bond acceptors (Lipinski definition) is 4. The number of hydrogen-bond donors (Lipinski definition) is 2. The van der Waals surface area contributed by atoms with Crippen LogP contribution in [0.3, 0.4) is 0 Å². The number of nitrogens with zero attached hydrogens (tertiary/aromatic N) is 1. The van der Waals surface area contributed by atoms with Crippen molar-refractivity contribution >= 4 is 5.91 Å². The quantitative estimate of drug-likeness (QED) is 0.747. The average molecular weight is 209 g/mol. The molecule has 82 valence electrons. The maximum absolute atomic E-state index is 11.8. The van der Waals surface area contributed by atoms with Gasteiger partial charge in [-0.1, -0.05) is 5.16 Å². The highest BCUT2D eigenvalue weighted by Gasteiger charge is 2.26. The molecule has 0 radical (unpaired) electrons. The standard InChI is InChI=1S/C10H15N3O2/c1-6-7(5-12-15-6)10(14)13-9-4-2-3-8(9)11/h5,8-9H,2-4,11H2,1H3,(H,13,14). The van der Waals surface area contributed by atoms with Gasteiger partial charge in [0.25, 0.3) is 5.91 Å². The molecule has 1 aromatic rings. The third-order valence-corrected chi connectivity index (χ3v) is 2.88. The molecule has 5 heteroatoms. The van der Waals surface area contributed by atoms with Gasteiger partial charge in [-0.15, -0.1) is 0 Å². The van der Waals surface area contributed by atoms with Crippen LogP contribution in [0.2, 0.25) is 0 Å². The summed E-state index contributed by atoms with van der Waals surface area (Å²) in [6.45, 7) is 1.72. The molecule has 1 amide bonds. The number of carbonyl (C=O) groups is 1. The van der Waals surface area contributed by atoms with E-state index in [2.05, 4.69) is 10.5 Å². The van der Waals surface area contributed by atoms with E-state index in [9.17, 15) is 4.79 Å². The predicted octanol–water partition coefficient (Wildman–Crippen LogP) is 0.593. The summed E-state index contributed by atoms with van der Waals surface area (Å²) in [6, 6.07) is 0.168. The van der Waals surface area contributed by atoms with E-state index in [1.165, 1.54) is 6.20 Å². The second-order valence-corrected chi connectivity index (χ2v) is 3.97. The molecule has 2 rings (SSSR count). The van der Waals surface area contributed by atoms with Crippen molar-refractivity contribution in [1.82, 2.24) is 10.5 Å². The number of nitrogens with two attached hydrogens (primary N) is 1. The summed E-state index contributed by atoms with van der Waals surface area (Å²) in [5.41, 5.74) is 6.36. The summed E-state index contributed by atoms with van der Waals surface area (Å²) < 4.78 is 4.83. The largest absolute Gasteiger partial charge is 0.361 e. The Hall–Kier alpha value is -1.36. The van der Waals surface area contributed by atoms with E-state index in [-0.39, 0.29) is 18.0 Å². The molecule has 0 spiro atoms. The Kier molecular flexibility index (Phi) is 2.73. The van der Waals surface area contributed by atoms with Gasteiger partial charge in [-0.3, -0.25) is 4.79 Å². The summed E-state index contributed by atoms with van der Waals surface area (Å²) in [4.78, 5) is 11.8. The van der Waals surface area contributed by atoms with Crippen LogP contribution in [0.15, 0.2) is 10.7 Å². The Balaban J connectivity index is 2.01. The van der Waals surface area contributed by atoms with Crippen LogP contribution in [0.25, 0.3) is 0 Å². The first-order valence-electron chi connectivity index (χ1n) is 5.16. The second kappa shape index (κ2) is 4.02. The number of rotatable bonds is 2. The second-order valence-electron chi connectivity index (χ2n) is 3.97. The van der Waals surface area contributed by atoms with Crippen molar-refractivity contribution in [2.45, 2.75) is 38.3 Å². The molecule has 1 aliphatic carbocycles. The van der Waals surface area contributed by atoms with Crippen LogP contribution in [-0.2, 0) is 0 Å². The minimum absolute atomic E-state index is 0.0779. The lowest BCUT2D eigenvalue weighted by molar-refractivity contribution is 0.0933. The third kappa shape index (κ3) is 2.02. The Labute approximate surface area is 88.0 Å². The highest BCUT2D eigenvalue weighted by molar-refractivity contribution is 5.94. The van der Waals surface area contributed by atoms with Crippen LogP contribution in [0.1, 0.15) is 35.4 Å². The first-order chi connectivity index (χ1) is 7.18. The van der Waals surface area contributed by atoms with Crippen LogP contribution in [0, 0.1) is 6.92 Å². The van der Waals surface area contributed by atoms with Crippen molar-refractivity contribution in [2.24, 2.45) is 5.73 Å². The normalized spacial score (nSPS) is 25.5. The lowest BCUT2D eigenvalue weighted by Gasteiger charge is -2.16. The number of nitrogens with one attached hydrogen (secondary N) is 1. The maximum Gasteiger partial charge on any atom is 0.256 e. The van der Waals surface area contributed by atoms with Gasteiger partial charge in [0.2, 0.25) is 0 Å². The number of aromatic nitrogens is 1. The number of carbonyl (C=O) groups excluding carboxylic acids is 1. The molecule has 15 heavy (non-hydrogen) atoms.